The maximum Gasteiger partial charge on any atom is 0.475 e. The second-order valence-corrected chi connectivity index (χ2v) is 10.1. The minimum Gasteiger partial charge on any atom is -0.343 e. The van der Waals surface area contributed by atoms with Crippen LogP contribution in [-0.4, -0.2) is 46.3 Å². The molecule has 2 aliphatic heterocycles. The monoisotopic (exact) mass is 539 g/mol. The van der Waals surface area contributed by atoms with Crippen molar-refractivity contribution in [2.24, 2.45) is 0 Å². The smallest absolute Gasteiger partial charge is 0.343 e. The van der Waals surface area contributed by atoms with Gasteiger partial charge in [0.15, 0.2) is 6.10 Å². The molecule has 34 heavy (non-hydrogen) atoms. The number of fused-ring (bicyclic) bond motifs is 1. The van der Waals surface area contributed by atoms with Crippen molar-refractivity contribution in [1.82, 2.24) is 9.55 Å². The van der Waals surface area contributed by atoms with Crippen molar-refractivity contribution in [3.63, 3.8) is 0 Å². The van der Waals surface area contributed by atoms with Crippen LogP contribution in [-0.2, 0) is 22.9 Å². The van der Waals surface area contributed by atoms with Crippen molar-refractivity contribution in [3.8, 4) is 0 Å². The molecule has 0 aliphatic carbocycles. The lowest BCUT2D eigenvalue weighted by atomic mass is 10.1. The summed E-state index contributed by atoms with van der Waals surface area (Å²) in [7, 11) is -4.24. The summed E-state index contributed by atoms with van der Waals surface area (Å²) < 4.78 is 63.6. The normalized spacial score (nSPS) is 28.0. The van der Waals surface area contributed by atoms with Crippen molar-refractivity contribution in [3.05, 3.63) is 56.6 Å². The number of halogens is 4. The summed E-state index contributed by atoms with van der Waals surface area (Å²) in [6.45, 7) is 2.59. The van der Waals surface area contributed by atoms with Crippen LogP contribution in [0.5, 0.6) is 0 Å². The predicted octanol–water partition coefficient (Wildman–Crippen LogP) is 4.28. The number of nitrogens with one attached hydrogen (secondary N) is 1. The number of aromatic nitrogens is 2. The van der Waals surface area contributed by atoms with Gasteiger partial charge in [0.2, 0.25) is 6.23 Å². The first-order valence-corrected chi connectivity index (χ1v) is 12.1. The molecule has 2 aliphatic rings. The molecule has 4 rings (SSSR count). The molecule has 15 heteroatoms. The Hall–Kier alpha value is -1.92. The highest BCUT2D eigenvalue weighted by Crippen LogP contribution is 2.60. The molecule has 0 saturated carbocycles. The van der Waals surface area contributed by atoms with E-state index in [1.807, 2.05) is 0 Å². The Morgan fingerprint density at radius 3 is 2.74 bits per heavy atom. The molecule has 2 saturated heterocycles. The summed E-state index contributed by atoms with van der Waals surface area (Å²) in [5.74, 6) is -4.67. The average Bonchev–Trinajstić information content (AvgIpc) is 2.97. The van der Waals surface area contributed by atoms with Crippen LogP contribution in [0, 0.1) is 0 Å². The Morgan fingerprint density at radius 1 is 1.35 bits per heavy atom. The number of phosphoric ester groups is 1. The van der Waals surface area contributed by atoms with E-state index in [-0.39, 0.29) is 16.4 Å². The van der Waals surface area contributed by atoms with Gasteiger partial charge in [0.25, 0.3) is 5.91 Å². The molecule has 3 heterocycles. The van der Waals surface area contributed by atoms with Crippen LogP contribution >= 0.6 is 31.0 Å². The van der Waals surface area contributed by atoms with E-state index in [1.54, 1.807) is 0 Å². The van der Waals surface area contributed by atoms with E-state index in [9.17, 15) is 14.2 Å². The van der Waals surface area contributed by atoms with E-state index in [4.69, 9.17) is 41.5 Å². The van der Waals surface area contributed by atoms with Crippen molar-refractivity contribution >= 4 is 42.7 Å². The number of phosphoric acid groups is 1. The van der Waals surface area contributed by atoms with Crippen molar-refractivity contribution < 1.29 is 36.4 Å². The number of carbonyl (C=O) groups is 1. The number of amides is 1. The van der Waals surface area contributed by atoms with Crippen LogP contribution < -0.4 is 11.0 Å². The Morgan fingerprint density at radius 2 is 2.09 bits per heavy atom. The topological polar surface area (TPSA) is 118 Å². The van der Waals surface area contributed by atoms with Gasteiger partial charge in [-0.1, -0.05) is 23.2 Å². The molecule has 184 valence electrons. The Labute approximate surface area is 201 Å². The molecular weight excluding hydrogens is 522 g/mol. The summed E-state index contributed by atoms with van der Waals surface area (Å²) >= 11 is 11.8. The summed E-state index contributed by atoms with van der Waals surface area (Å²) in [4.78, 5) is 28.5. The van der Waals surface area contributed by atoms with E-state index < -0.39 is 56.5 Å². The number of alkyl halides is 2. The van der Waals surface area contributed by atoms with Gasteiger partial charge in [-0.3, -0.25) is 22.9 Å². The molecule has 0 bridgehead atoms. The maximum absolute atomic E-state index is 15.1. The second kappa shape index (κ2) is 9.27. The SMILES string of the molecule is CC(C)OP1(=O)OC[C@H]2OC(n3ccc(NC(=O)c4ccc(Cl)cc4Cl)nc3=O)C(F)(F)[C@@H]2O1. The van der Waals surface area contributed by atoms with E-state index in [0.717, 1.165) is 12.3 Å². The third kappa shape index (κ3) is 4.90. The van der Waals surface area contributed by atoms with E-state index in [2.05, 4.69) is 10.3 Å². The molecule has 4 atom stereocenters. The zero-order valence-electron chi connectivity index (χ0n) is 17.6. The van der Waals surface area contributed by atoms with Crippen LogP contribution in [0.25, 0.3) is 0 Å². The van der Waals surface area contributed by atoms with Gasteiger partial charge in [-0.25, -0.2) is 9.36 Å². The first-order valence-electron chi connectivity index (χ1n) is 9.90. The third-order valence-corrected chi connectivity index (χ3v) is 7.01. The van der Waals surface area contributed by atoms with Gasteiger partial charge in [-0.05, 0) is 38.1 Å². The highest BCUT2D eigenvalue weighted by Gasteiger charge is 2.65. The molecule has 2 fully saturated rings. The van der Waals surface area contributed by atoms with E-state index in [0.29, 0.717) is 9.59 Å². The lowest BCUT2D eigenvalue weighted by Gasteiger charge is -2.32. The fraction of sp³-hybridized carbons (Fsp3) is 0.421. The molecule has 0 spiro atoms. The molecule has 1 N–H and O–H groups in total. The average molecular weight is 540 g/mol. The first kappa shape index (κ1) is 25.2. The quantitative estimate of drug-likeness (QED) is 0.559. The molecule has 2 aromatic rings. The number of nitrogens with zero attached hydrogens (tertiary/aromatic N) is 2. The summed E-state index contributed by atoms with van der Waals surface area (Å²) in [5, 5.41) is 2.75. The van der Waals surface area contributed by atoms with Crippen molar-refractivity contribution in [1.29, 1.82) is 0 Å². The largest absolute Gasteiger partial charge is 0.475 e. The molecule has 1 amide bonds. The third-order valence-electron chi connectivity index (χ3n) is 4.83. The zero-order chi connectivity index (χ0) is 24.8. The number of benzene rings is 1. The lowest BCUT2D eigenvalue weighted by Crippen LogP contribution is -2.45. The number of hydrogen-bond donors (Lipinski definition) is 1. The number of ether oxygens (including phenoxy) is 1. The summed E-state index contributed by atoms with van der Waals surface area (Å²) in [6.07, 6.45) is -5.03. The van der Waals surface area contributed by atoms with Gasteiger partial charge < -0.3 is 10.1 Å². The Bertz CT molecular complexity index is 1230. The molecule has 2 unspecified atom stereocenters. The van der Waals surface area contributed by atoms with Crippen molar-refractivity contribution in [2.45, 2.75) is 44.3 Å². The van der Waals surface area contributed by atoms with Crippen LogP contribution in [0.1, 0.15) is 30.4 Å². The van der Waals surface area contributed by atoms with Gasteiger partial charge in [-0.2, -0.15) is 13.8 Å². The highest BCUT2D eigenvalue weighted by molar-refractivity contribution is 7.48. The fourth-order valence-corrected chi connectivity index (χ4v) is 5.46. The summed E-state index contributed by atoms with van der Waals surface area (Å²) in [6, 6.07) is 5.32. The Balaban J connectivity index is 1.53. The maximum atomic E-state index is 15.1. The minimum absolute atomic E-state index is 0.0666. The Kier molecular flexibility index (Phi) is 6.87. The molecule has 1 aromatic heterocycles. The number of carbonyl (C=O) groups excluding carboxylic acids is 1. The number of anilines is 1. The molecule has 1 aromatic carbocycles. The van der Waals surface area contributed by atoms with Crippen LogP contribution in [0.15, 0.2) is 35.3 Å². The molecule has 0 radical (unpaired) electrons. The zero-order valence-corrected chi connectivity index (χ0v) is 20.0. The van der Waals surface area contributed by atoms with Crippen LogP contribution in [0.3, 0.4) is 0 Å². The molecule has 10 nitrogen and oxygen atoms in total. The van der Waals surface area contributed by atoms with E-state index in [1.165, 1.54) is 32.0 Å². The second-order valence-electron chi connectivity index (χ2n) is 7.71. The van der Waals surface area contributed by atoms with Crippen LogP contribution in [0.4, 0.5) is 14.6 Å². The van der Waals surface area contributed by atoms with Crippen LogP contribution in [0.2, 0.25) is 10.0 Å². The highest BCUT2D eigenvalue weighted by atomic mass is 35.5. The number of hydrogen-bond acceptors (Lipinski definition) is 8. The number of rotatable bonds is 5. The summed E-state index contributed by atoms with van der Waals surface area (Å²) in [5.41, 5.74) is -1.07. The first-order chi connectivity index (χ1) is 15.9. The van der Waals surface area contributed by atoms with E-state index >= 15 is 8.78 Å². The van der Waals surface area contributed by atoms with Gasteiger partial charge in [0, 0.05) is 11.2 Å². The van der Waals surface area contributed by atoms with Gasteiger partial charge in [-0.15, -0.1) is 0 Å². The van der Waals surface area contributed by atoms with Gasteiger partial charge in [0.1, 0.15) is 11.9 Å². The molecular formula is C19H18Cl2F2N3O7P. The standard InChI is InChI=1S/C19H18Cl2F2N3O7P/c1-9(2)32-34(29)30-8-13-15(33-34)19(22,23)17(31-13)26-6-5-14(25-18(26)28)24-16(27)11-4-3-10(20)7-12(11)21/h3-7,9,13,15,17H,8H2,1-2H3,(H,24,25,27,28)/t13-,15-,17?,34?/m1/s1. The van der Waals surface area contributed by atoms with Crippen molar-refractivity contribution in [2.75, 3.05) is 11.9 Å². The lowest BCUT2D eigenvalue weighted by molar-refractivity contribution is -0.139. The predicted molar refractivity (Wildman–Crippen MR) is 116 cm³/mol. The van der Waals surface area contributed by atoms with Gasteiger partial charge >= 0.3 is 19.4 Å². The van der Waals surface area contributed by atoms with Gasteiger partial charge in [0.05, 0.1) is 23.3 Å². The fourth-order valence-electron chi connectivity index (χ4n) is 3.40. The minimum atomic E-state index is -4.24.